The van der Waals surface area contributed by atoms with Crippen molar-refractivity contribution in [2.24, 2.45) is 0 Å². The Kier molecular flexibility index (Phi) is 5.38. The van der Waals surface area contributed by atoms with Gasteiger partial charge in [0.1, 0.15) is 0 Å². The lowest BCUT2D eigenvalue weighted by molar-refractivity contribution is -0.137. The first kappa shape index (κ1) is 17.4. The predicted molar refractivity (Wildman–Crippen MR) is 85.0 cm³/mol. The molecule has 2 aromatic rings. The van der Waals surface area contributed by atoms with Crippen LogP contribution >= 0.6 is 23.2 Å². The molecule has 0 aliphatic rings. The van der Waals surface area contributed by atoms with Crippen LogP contribution in [0.3, 0.4) is 0 Å². The Morgan fingerprint density at radius 2 is 1.65 bits per heavy atom. The normalized spacial score (nSPS) is 11.2. The van der Waals surface area contributed by atoms with Gasteiger partial charge in [0.2, 0.25) is 5.91 Å². The van der Waals surface area contributed by atoms with Gasteiger partial charge in [0.05, 0.1) is 27.8 Å². The van der Waals surface area contributed by atoms with Crippen molar-refractivity contribution in [1.82, 2.24) is 0 Å². The molecule has 0 saturated heterocycles. The van der Waals surface area contributed by atoms with E-state index in [0.717, 1.165) is 12.1 Å². The van der Waals surface area contributed by atoms with E-state index in [9.17, 15) is 18.0 Å². The molecular weight excluding hydrogens is 352 g/mol. The van der Waals surface area contributed by atoms with Crippen molar-refractivity contribution in [3.63, 3.8) is 0 Å². The summed E-state index contributed by atoms with van der Waals surface area (Å²) in [7, 11) is 0. The second kappa shape index (κ2) is 7.10. The molecule has 1 amide bonds. The number of para-hydroxylation sites is 1. The second-order valence-corrected chi connectivity index (χ2v) is 5.39. The zero-order valence-corrected chi connectivity index (χ0v) is 13.1. The van der Waals surface area contributed by atoms with Gasteiger partial charge in [-0.15, -0.1) is 0 Å². The lowest BCUT2D eigenvalue weighted by Crippen LogP contribution is -2.22. The van der Waals surface area contributed by atoms with E-state index in [1.165, 1.54) is 12.1 Å². The number of carbonyl (C=O) groups is 1. The van der Waals surface area contributed by atoms with E-state index >= 15 is 0 Å². The Hall–Kier alpha value is -1.92. The zero-order valence-electron chi connectivity index (χ0n) is 11.5. The standard InChI is InChI=1S/C15H11Cl2F3N2O/c16-11-5-2-6-12(17)14(11)22-13(23)8-21-10-4-1-3-9(7-10)15(18,19)20/h1-7,21H,8H2,(H,22,23). The van der Waals surface area contributed by atoms with Crippen LogP contribution < -0.4 is 10.6 Å². The minimum absolute atomic E-state index is 0.181. The fourth-order valence-corrected chi connectivity index (χ4v) is 2.28. The summed E-state index contributed by atoms with van der Waals surface area (Å²) in [4.78, 5) is 11.9. The fraction of sp³-hybridized carbons (Fsp3) is 0.133. The average molecular weight is 363 g/mol. The Bertz CT molecular complexity index is 700. The Morgan fingerprint density at radius 1 is 1.04 bits per heavy atom. The molecule has 0 heterocycles. The van der Waals surface area contributed by atoms with Crippen LogP contribution in [-0.2, 0) is 11.0 Å². The largest absolute Gasteiger partial charge is 0.416 e. The van der Waals surface area contributed by atoms with Gasteiger partial charge in [-0.3, -0.25) is 4.79 Å². The molecule has 0 radical (unpaired) electrons. The smallest absolute Gasteiger partial charge is 0.376 e. The second-order valence-electron chi connectivity index (χ2n) is 4.58. The summed E-state index contributed by atoms with van der Waals surface area (Å²) in [5, 5.41) is 5.66. The van der Waals surface area contributed by atoms with Gasteiger partial charge >= 0.3 is 6.18 Å². The quantitative estimate of drug-likeness (QED) is 0.797. The molecular formula is C15H11Cl2F3N2O. The molecule has 0 fully saturated rings. The highest BCUT2D eigenvalue weighted by Gasteiger charge is 2.30. The Morgan fingerprint density at radius 3 is 2.26 bits per heavy atom. The summed E-state index contributed by atoms with van der Waals surface area (Å²) >= 11 is 11.8. The first-order valence-corrected chi connectivity index (χ1v) is 7.18. The highest BCUT2D eigenvalue weighted by molar-refractivity contribution is 6.39. The molecule has 0 saturated carbocycles. The molecule has 0 aliphatic heterocycles. The van der Waals surface area contributed by atoms with Crippen molar-refractivity contribution in [2.45, 2.75) is 6.18 Å². The molecule has 3 nitrogen and oxygen atoms in total. The third-order valence-electron chi connectivity index (χ3n) is 2.87. The summed E-state index contributed by atoms with van der Waals surface area (Å²) in [6.07, 6.45) is -4.44. The fourth-order valence-electron chi connectivity index (χ4n) is 1.79. The molecule has 2 N–H and O–H groups in total. The maximum atomic E-state index is 12.6. The van der Waals surface area contributed by atoms with E-state index in [1.54, 1.807) is 18.2 Å². The third-order valence-corrected chi connectivity index (χ3v) is 3.50. The highest BCUT2D eigenvalue weighted by atomic mass is 35.5. The van der Waals surface area contributed by atoms with Crippen LogP contribution in [0.5, 0.6) is 0 Å². The molecule has 2 aromatic carbocycles. The summed E-state index contributed by atoms with van der Waals surface area (Å²) in [5.41, 5.74) is -0.357. The number of halogens is 5. The van der Waals surface area contributed by atoms with Gasteiger partial charge in [0.25, 0.3) is 0 Å². The average Bonchev–Trinajstić information content (AvgIpc) is 2.48. The van der Waals surface area contributed by atoms with Crippen LogP contribution in [0, 0.1) is 0 Å². The van der Waals surface area contributed by atoms with Gasteiger partial charge in [-0.1, -0.05) is 35.3 Å². The van der Waals surface area contributed by atoms with E-state index < -0.39 is 17.6 Å². The van der Waals surface area contributed by atoms with Crippen LogP contribution in [0.1, 0.15) is 5.56 Å². The molecule has 0 atom stereocenters. The number of alkyl halides is 3. The molecule has 8 heteroatoms. The lowest BCUT2D eigenvalue weighted by atomic mass is 10.2. The number of carbonyl (C=O) groups excluding carboxylic acids is 1. The number of amides is 1. The molecule has 0 aromatic heterocycles. The van der Waals surface area contributed by atoms with Crippen LogP contribution in [-0.4, -0.2) is 12.5 Å². The number of nitrogens with one attached hydrogen (secondary N) is 2. The van der Waals surface area contributed by atoms with Gasteiger partial charge in [-0.25, -0.2) is 0 Å². The van der Waals surface area contributed by atoms with Crippen molar-refractivity contribution in [3.8, 4) is 0 Å². The lowest BCUT2D eigenvalue weighted by Gasteiger charge is -2.12. The molecule has 0 aliphatic carbocycles. The van der Waals surface area contributed by atoms with Crippen molar-refractivity contribution in [2.75, 3.05) is 17.2 Å². The number of rotatable bonds is 4. The van der Waals surface area contributed by atoms with Crippen molar-refractivity contribution in [3.05, 3.63) is 58.1 Å². The molecule has 0 spiro atoms. The van der Waals surface area contributed by atoms with E-state index in [2.05, 4.69) is 10.6 Å². The zero-order chi connectivity index (χ0) is 17.0. The van der Waals surface area contributed by atoms with Crippen LogP contribution in [0.2, 0.25) is 10.0 Å². The molecule has 0 unspecified atom stereocenters. The Balaban J connectivity index is 2.00. The van der Waals surface area contributed by atoms with E-state index in [-0.39, 0.29) is 28.0 Å². The van der Waals surface area contributed by atoms with Gasteiger partial charge in [-0.05, 0) is 30.3 Å². The Labute approximate surface area is 140 Å². The van der Waals surface area contributed by atoms with Crippen molar-refractivity contribution in [1.29, 1.82) is 0 Å². The van der Waals surface area contributed by atoms with Gasteiger partial charge in [0, 0.05) is 5.69 Å². The topological polar surface area (TPSA) is 41.1 Å². The molecule has 2 rings (SSSR count). The maximum absolute atomic E-state index is 12.6. The minimum Gasteiger partial charge on any atom is -0.376 e. The summed E-state index contributed by atoms with van der Waals surface area (Å²) in [6.45, 7) is -0.233. The summed E-state index contributed by atoms with van der Waals surface area (Å²) in [5.74, 6) is -0.489. The first-order valence-electron chi connectivity index (χ1n) is 6.42. The van der Waals surface area contributed by atoms with E-state index in [4.69, 9.17) is 23.2 Å². The number of benzene rings is 2. The van der Waals surface area contributed by atoms with Crippen LogP contribution in [0.25, 0.3) is 0 Å². The molecule has 122 valence electrons. The van der Waals surface area contributed by atoms with E-state index in [0.29, 0.717) is 0 Å². The van der Waals surface area contributed by atoms with Gasteiger partial charge in [0.15, 0.2) is 0 Å². The molecule has 23 heavy (non-hydrogen) atoms. The number of anilines is 2. The minimum atomic E-state index is -4.44. The van der Waals surface area contributed by atoms with Crippen LogP contribution in [0.4, 0.5) is 24.5 Å². The summed E-state index contributed by atoms with van der Waals surface area (Å²) < 4.78 is 37.8. The van der Waals surface area contributed by atoms with Crippen molar-refractivity contribution >= 4 is 40.5 Å². The SMILES string of the molecule is O=C(CNc1cccc(C(F)(F)F)c1)Nc1c(Cl)cccc1Cl. The predicted octanol–water partition coefficient (Wildman–Crippen LogP) is 5.06. The molecule has 0 bridgehead atoms. The first-order chi connectivity index (χ1) is 10.8. The number of hydrogen-bond acceptors (Lipinski definition) is 2. The highest BCUT2D eigenvalue weighted by Crippen LogP contribution is 2.31. The monoisotopic (exact) mass is 362 g/mol. The summed E-state index contributed by atoms with van der Waals surface area (Å²) in [6, 6.07) is 9.32. The van der Waals surface area contributed by atoms with Gasteiger partial charge < -0.3 is 10.6 Å². The van der Waals surface area contributed by atoms with Crippen molar-refractivity contribution < 1.29 is 18.0 Å². The van der Waals surface area contributed by atoms with Crippen LogP contribution in [0.15, 0.2) is 42.5 Å². The van der Waals surface area contributed by atoms with Gasteiger partial charge in [-0.2, -0.15) is 13.2 Å². The number of hydrogen-bond donors (Lipinski definition) is 2. The third kappa shape index (κ3) is 4.77. The van der Waals surface area contributed by atoms with E-state index in [1.807, 2.05) is 0 Å². The maximum Gasteiger partial charge on any atom is 0.416 e.